The molecule has 0 bridgehead atoms. The van der Waals surface area contributed by atoms with E-state index in [2.05, 4.69) is 20.2 Å². The number of ether oxygens (including phenoxy) is 1. The third kappa shape index (κ3) is 3.60. The second kappa shape index (κ2) is 7.93. The van der Waals surface area contributed by atoms with Crippen LogP contribution in [0.4, 0.5) is 0 Å². The second-order valence-electron chi connectivity index (χ2n) is 7.95. The average molecular weight is 405 g/mol. The number of hydrogen-bond acceptors (Lipinski definition) is 6. The molecule has 0 unspecified atom stereocenters. The van der Waals surface area contributed by atoms with Crippen LogP contribution in [0.1, 0.15) is 53.2 Å². The normalized spacial score (nSPS) is 20.4. The number of carbonyl (C=O) groups is 1. The highest BCUT2D eigenvalue weighted by Gasteiger charge is 2.39. The maximum absolute atomic E-state index is 13.0. The van der Waals surface area contributed by atoms with Crippen molar-refractivity contribution in [2.45, 2.75) is 51.5 Å². The van der Waals surface area contributed by atoms with Crippen molar-refractivity contribution in [2.75, 3.05) is 32.8 Å². The Labute approximate surface area is 168 Å². The third-order valence-electron chi connectivity index (χ3n) is 6.17. The molecule has 2 aliphatic rings. The van der Waals surface area contributed by atoms with Gasteiger partial charge in [-0.3, -0.25) is 14.5 Å². The van der Waals surface area contributed by atoms with Crippen molar-refractivity contribution < 1.29 is 9.53 Å². The van der Waals surface area contributed by atoms with Gasteiger partial charge in [0.15, 0.2) is 0 Å². The monoisotopic (exact) mass is 404 g/mol. The summed E-state index contributed by atoms with van der Waals surface area (Å²) in [7, 11) is 0. The molecule has 2 fully saturated rings. The fourth-order valence-corrected chi connectivity index (χ4v) is 5.79. The smallest absolute Gasteiger partial charge is 0.261 e. The number of aromatic nitrogens is 2. The number of nitrogens with one attached hydrogen (secondary N) is 2. The quantitative estimate of drug-likeness (QED) is 0.817. The van der Waals surface area contributed by atoms with E-state index in [9.17, 15) is 9.59 Å². The van der Waals surface area contributed by atoms with Gasteiger partial charge in [-0.25, -0.2) is 4.98 Å². The van der Waals surface area contributed by atoms with Crippen molar-refractivity contribution in [3.05, 3.63) is 26.6 Å². The van der Waals surface area contributed by atoms with Crippen LogP contribution in [-0.2, 0) is 4.74 Å². The molecule has 1 aliphatic carbocycles. The van der Waals surface area contributed by atoms with Gasteiger partial charge in [-0.1, -0.05) is 19.3 Å². The molecule has 0 spiro atoms. The fourth-order valence-electron chi connectivity index (χ4n) is 4.65. The number of carbonyl (C=O) groups excluding carboxylic acids is 1. The van der Waals surface area contributed by atoms with Crippen molar-refractivity contribution >= 4 is 27.5 Å². The Hall–Kier alpha value is -1.77. The predicted molar refractivity (Wildman–Crippen MR) is 110 cm³/mol. The highest BCUT2D eigenvalue weighted by atomic mass is 32.1. The molecule has 2 aromatic rings. The SMILES string of the molecule is Cc1nc2sc(C(=O)NCC3(N4CCOCC4)CCCCC3)c(C)c2c(=O)[nH]1. The summed E-state index contributed by atoms with van der Waals surface area (Å²) in [4.78, 5) is 36.2. The Kier molecular flexibility index (Phi) is 5.53. The van der Waals surface area contributed by atoms with Crippen molar-refractivity contribution in [3.8, 4) is 0 Å². The van der Waals surface area contributed by atoms with Crippen molar-refractivity contribution in [1.82, 2.24) is 20.2 Å². The lowest BCUT2D eigenvalue weighted by Gasteiger charge is -2.48. The lowest BCUT2D eigenvalue weighted by Crippen LogP contribution is -2.59. The van der Waals surface area contributed by atoms with Crippen molar-refractivity contribution in [1.29, 1.82) is 0 Å². The van der Waals surface area contributed by atoms with Gasteiger partial charge in [-0.2, -0.15) is 0 Å². The van der Waals surface area contributed by atoms with Crippen LogP contribution >= 0.6 is 11.3 Å². The lowest BCUT2D eigenvalue weighted by molar-refractivity contribution is -0.0361. The summed E-state index contributed by atoms with van der Waals surface area (Å²) in [5, 5.41) is 3.72. The first kappa shape index (κ1) is 19.5. The van der Waals surface area contributed by atoms with Crippen LogP contribution in [0.25, 0.3) is 10.2 Å². The molecule has 8 heteroatoms. The number of aromatic amines is 1. The van der Waals surface area contributed by atoms with Crippen molar-refractivity contribution in [2.24, 2.45) is 0 Å². The molecule has 152 valence electrons. The number of amides is 1. The summed E-state index contributed by atoms with van der Waals surface area (Å²) >= 11 is 1.30. The third-order valence-corrected chi connectivity index (χ3v) is 7.35. The molecular formula is C20H28N4O3S. The zero-order chi connectivity index (χ0) is 19.7. The molecule has 1 saturated heterocycles. The first-order valence-electron chi connectivity index (χ1n) is 10.1. The molecule has 0 radical (unpaired) electrons. The lowest BCUT2D eigenvalue weighted by atomic mass is 9.79. The molecule has 2 N–H and O–H groups in total. The Bertz CT molecular complexity index is 923. The molecule has 7 nitrogen and oxygen atoms in total. The Balaban J connectivity index is 1.55. The van der Waals surface area contributed by atoms with E-state index in [1.54, 1.807) is 6.92 Å². The van der Waals surface area contributed by atoms with Gasteiger partial charge in [0, 0.05) is 25.2 Å². The van der Waals surface area contributed by atoms with Gasteiger partial charge in [0.25, 0.3) is 11.5 Å². The Morgan fingerprint density at radius 2 is 1.96 bits per heavy atom. The minimum atomic E-state index is -0.174. The van der Waals surface area contributed by atoms with Crippen LogP contribution in [0.15, 0.2) is 4.79 Å². The first-order valence-corrected chi connectivity index (χ1v) is 10.9. The summed E-state index contributed by atoms with van der Waals surface area (Å²) in [6, 6.07) is 0. The Morgan fingerprint density at radius 1 is 1.25 bits per heavy atom. The van der Waals surface area contributed by atoms with Gasteiger partial charge >= 0.3 is 0 Å². The van der Waals surface area contributed by atoms with E-state index < -0.39 is 0 Å². The zero-order valence-corrected chi connectivity index (χ0v) is 17.4. The summed E-state index contributed by atoms with van der Waals surface area (Å²) in [6.07, 6.45) is 5.89. The number of nitrogens with zero attached hydrogens (tertiary/aromatic N) is 2. The molecule has 1 saturated carbocycles. The first-order chi connectivity index (χ1) is 13.5. The Morgan fingerprint density at radius 3 is 2.68 bits per heavy atom. The largest absolute Gasteiger partial charge is 0.379 e. The van der Waals surface area contributed by atoms with E-state index in [-0.39, 0.29) is 17.0 Å². The maximum atomic E-state index is 13.0. The van der Waals surface area contributed by atoms with Crippen LogP contribution in [-0.4, -0.2) is 59.2 Å². The molecule has 3 heterocycles. The van der Waals surface area contributed by atoms with Crippen LogP contribution in [0.2, 0.25) is 0 Å². The van der Waals surface area contributed by atoms with Crippen LogP contribution in [0.5, 0.6) is 0 Å². The van der Waals surface area contributed by atoms with Crippen LogP contribution < -0.4 is 10.9 Å². The van der Waals surface area contributed by atoms with Crippen molar-refractivity contribution in [3.63, 3.8) is 0 Å². The van der Waals surface area contributed by atoms with E-state index in [1.165, 1.54) is 30.6 Å². The number of aryl methyl sites for hydroxylation is 2. The van der Waals surface area contributed by atoms with Gasteiger partial charge in [0.1, 0.15) is 10.7 Å². The van der Waals surface area contributed by atoms with E-state index in [0.717, 1.165) is 44.7 Å². The minimum absolute atomic E-state index is 0.0224. The van der Waals surface area contributed by atoms with E-state index in [1.807, 2.05) is 6.92 Å². The highest BCUT2D eigenvalue weighted by Crippen LogP contribution is 2.34. The minimum Gasteiger partial charge on any atom is -0.379 e. The average Bonchev–Trinajstić information content (AvgIpc) is 3.04. The van der Waals surface area contributed by atoms with Gasteiger partial charge < -0.3 is 15.0 Å². The molecule has 1 amide bonds. The zero-order valence-electron chi connectivity index (χ0n) is 16.6. The number of fused-ring (bicyclic) bond motifs is 1. The van der Waals surface area contributed by atoms with E-state index in [0.29, 0.717) is 27.5 Å². The number of H-pyrrole nitrogens is 1. The van der Waals surface area contributed by atoms with Crippen LogP contribution in [0.3, 0.4) is 0 Å². The van der Waals surface area contributed by atoms with Crippen LogP contribution in [0, 0.1) is 13.8 Å². The number of rotatable bonds is 4. The topological polar surface area (TPSA) is 87.3 Å². The molecule has 1 aliphatic heterocycles. The maximum Gasteiger partial charge on any atom is 0.261 e. The molecule has 0 aromatic carbocycles. The molecule has 28 heavy (non-hydrogen) atoms. The summed E-state index contributed by atoms with van der Waals surface area (Å²) < 4.78 is 5.53. The van der Waals surface area contributed by atoms with Gasteiger partial charge in [-0.15, -0.1) is 11.3 Å². The molecule has 2 aromatic heterocycles. The second-order valence-corrected chi connectivity index (χ2v) is 8.95. The van der Waals surface area contributed by atoms with E-state index in [4.69, 9.17) is 4.74 Å². The number of morpholine rings is 1. The van der Waals surface area contributed by atoms with Gasteiger partial charge in [0.05, 0.1) is 23.5 Å². The van der Waals surface area contributed by atoms with Gasteiger partial charge in [-0.05, 0) is 32.3 Å². The highest BCUT2D eigenvalue weighted by molar-refractivity contribution is 7.20. The van der Waals surface area contributed by atoms with Gasteiger partial charge in [0.2, 0.25) is 0 Å². The molecular weight excluding hydrogens is 376 g/mol. The van der Waals surface area contributed by atoms with E-state index >= 15 is 0 Å². The summed E-state index contributed by atoms with van der Waals surface area (Å²) in [5.41, 5.74) is 0.567. The molecule has 4 rings (SSSR count). The standard InChI is InChI=1S/C20H28N4O3S/c1-13-15-17(25)22-14(2)23-19(15)28-16(13)18(26)21-12-20(6-4-3-5-7-20)24-8-10-27-11-9-24/h3-12H2,1-2H3,(H,21,26)(H,22,23,25). The molecule has 0 atom stereocenters. The number of hydrogen-bond donors (Lipinski definition) is 2. The summed E-state index contributed by atoms with van der Waals surface area (Å²) in [5.74, 6) is 0.468. The summed E-state index contributed by atoms with van der Waals surface area (Å²) in [6.45, 7) is 7.61. The fraction of sp³-hybridized carbons (Fsp3) is 0.650. The predicted octanol–water partition coefficient (Wildman–Crippen LogP) is 2.37. The number of thiophene rings is 1.